The first kappa shape index (κ1) is 19.0. The predicted molar refractivity (Wildman–Crippen MR) is 103 cm³/mol. The summed E-state index contributed by atoms with van der Waals surface area (Å²) < 4.78 is 0. The summed E-state index contributed by atoms with van der Waals surface area (Å²) in [6.07, 6.45) is 3.40. The Morgan fingerprint density at radius 3 is 2.52 bits per heavy atom. The number of piperidine rings is 1. The molecule has 0 spiro atoms. The quantitative estimate of drug-likeness (QED) is 0.795. The van der Waals surface area contributed by atoms with Gasteiger partial charge in [-0.25, -0.2) is 0 Å². The second-order valence-corrected chi connectivity index (χ2v) is 7.80. The lowest BCUT2D eigenvalue weighted by molar-refractivity contribution is -0.140. The molecule has 1 atom stereocenters. The minimum Gasteiger partial charge on any atom is -0.339 e. The first-order valence-corrected chi connectivity index (χ1v) is 10.0. The number of rotatable bonds is 4. The van der Waals surface area contributed by atoms with Crippen molar-refractivity contribution in [2.24, 2.45) is 0 Å². The van der Waals surface area contributed by atoms with Gasteiger partial charge in [0, 0.05) is 32.7 Å². The van der Waals surface area contributed by atoms with E-state index >= 15 is 0 Å². The molecule has 1 aromatic carbocycles. The van der Waals surface area contributed by atoms with E-state index in [0.717, 1.165) is 52.2 Å². The number of likely N-dealkylation sites (N-methyl/N-ethyl adjacent to an activating group) is 1. The molecule has 2 fully saturated rings. The third kappa shape index (κ3) is 4.68. The van der Waals surface area contributed by atoms with Crippen molar-refractivity contribution in [3.05, 3.63) is 33.8 Å². The van der Waals surface area contributed by atoms with Crippen LogP contribution in [0.15, 0.2) is 18.2 Å². The maximum absolute atomic E-state index is 12.9. The van der Waals surface area contributed by atoms with Crippen LogP contribution in [0.2, 0.25) is 10.0 Å². The summed E-state index contributed by atoms with van der Waals surface area (Å²) in [5.41, 5.74) is 1.17. The van der Waals surface area contributed by atoms with Gasteiger partial charge in [-0.15, -0.1) is 0 Å². The van der Waals surface area contributed by atoms with Crippen molar-refractivity contribution in [3.8, 4) is 0 Å². The summed E-state index contributed by atoms with van der Waals surface area (Å²) in [4.78, 5) is 19.7. The van der Waals surface area contributed by atoms with Gasteiger partial charge < -0.3 is 4.90 Å². The monoisotopic (exact) mass is 383 g/mol. The minimum absolute atomic E-state index is 0.0976. The lowest BCUT2D eigenvalue weighted by Gasteiger charge is -2.40. The topological polar surface area (TPSA) is 26.8 Å². The molecule has 25 heavy (non-hydrogen) atoms. The Hall–Kier alpha value is -0.810. The molecule has 0 bridgehead atoms. The van der Waals surface area contributed by atoms with Crippen LogP contribution in [-0.2, 0) is 11.3 Å². The van der Waals surface area contributed by atoms with Gasteiger partial charge in [0.1, 0.15) is 0 Å². The SMILES string of the molecule is CCN1CCCC[C@H]1C(=O)N1CCN(Cc2ccc(Cl)c(Cl)c2)CC1. The minimum atomic E-state index is 0.0976. The van der Waals surface area contributed by atoms with E-state index in [9.17, 15) is 4.79 Å². The van der Waals surface area contributed by atoms with E-state index in [0.29, 0.717) is 16.0 Å². The van der Waals surface area contributed by atoms with Crippen LogP contribution in [0, 0.1) is 0 Å². The first-order valence-electron chi connectivity index (χ1n) is 9.27. The number of nitrogens with zero attached hydrogens (tertiary/aromatic N) is 3. The zero-order chi connectivity index (χ0) is 17.8. The van der Waals surface area contributed by atoms with Gasteiger partial charge in [-0.1, -0.05) is 42.6 Å². The summed E-state index contributed by atoms with van der Waals surface area (Å²) in [5.74, 6) is 0.329. The van der Waals surface area contributed by atoms with Crippen LogP contribution in [0.5, 0.6) is 0 Å². The molecule has 0 radical (unpaired) electrons. The van der Waals surface area contributed by atoms with Gasteiger partial charge in [0.2, 0.25) is 5.91 Å². The van der Waals surface area contributed by atoms with Crippen LogP contribution < -0.4 is 0 Å². The molecule has 2 aliphatic heterocycles. The zero-order valence-electron chi connectivity index (χ0n) is 14.9. The largest absolute Gasteiger partial charge is 0.339 e. The molecule has 1 amide bonds. The summed E-state index contributed by atoms with van der Waals surface area (Å²) >= 11 is 12.1. The fraction of sp³-hybridized carbons (Fsp3) is 0.632. The van der Waals surface area contributed by atoms with Crippen LogP contribution in [0.3, 0.4) is 0 Å². The number of carbonyl (C=O) groups is 1. The fourth-order valence-electron chi connectivity index (χ4n) is 3.88. The number of carbonyl (C=O) groups excluding carboxylic acids is 1. The number of amides is 1. The molecule has 0 saturated carbocycles. The maximum atomic E-state index is 12.9. The predicted octanol–water partition coefficient (Wildman–Crippen LogP) is 3.51. The number of hydrogen-bond donors (Lipinski definition) is 0. The summed E-state index contributed by atoms with van der Waals surface area (Å²) in [7, 11) is 0. The Morgan fingerprint density at radius 2 is 1.84 bits per heavy atom. The number of benzene rings is 1. The van der Waals surface area contributed by atoms with Gasteiger partial charge in [0.15, 0.2) is 0 Å². The molecule has 2 aliphatic rings. The standard InChI is InChI=1S/C19H27Cl2N3O/c1-2-23-8-4-3-5-18(23)19(25)24-11-9-22(10-12-24)14-15-6-7-16(20)17(21)13-15/h6-7,13,18H,2-5,8-12,14H2,1H3/t18-/m0/s1. The average molecular weight is 384 g/mol. The Bertz CT molecular complexity index is 602. The summed E-state index contributed by atoms with van der Waals surface area (Å²) in [6, 6.07) is 5.90. The second kappa shape index (κ2) is 8.72. The maximum Gasteiger partial charge on any atom is 0.240 e. The van der Waals surface area contributed by atoms with Gasteiger partial charge in [-0.3, -0.25) is 14.6 Å². The van der Waals surface area contributed by atoms with Crippen LogP contribution in [0.25, 0.3) is 0 Å². The van der Waals surface area contributed by atoms with E-state index in [-0.39, 0.29) is 6.04 Å². The molecule has 2 saturated heterocycles. The highest BCUT2D eigenvalue weighted by atomic mass is 35.5. The molecular weight excluding hydrogens is 357 g/mol. The van der Waals surface area contributed by atoms with Gasteiger partial charge in [0.25, 0.3) is 0 Å². The van der Waals surface area contributed by atoms with E-state index in [2.05, 4.69) is 21.6 Å². The lowest BCUT2D eigenvalue weighted by Crippen LogP contribution is -2.55. The van der Waals surface area contributed by atoms with Crippen molar-refractivity contribution in [2.75, 3.05) is 39.3 Å². The number of halogens is 2. The second-order valence-electron chi connectivity index (χ2n) is 6.99. The van der Waals surface area contributed by atoms with E-state index in [1.165, 1.54) is 18.4 Å². The van der Waals surface area contributed by atoms with Crippen molar-refractivity contribution in [1.82, 2.24) is 14.7 Å². The van der Waals surface area contributed by atoms with Gasteiger partial charge >= 0.3 is 0 Å². The Balaban J connectivity index is 1.52. The zero-order valence-corrected chi connectivity index (χ0v) is 16.4. The highest BCUT2D eigenvalue weighted by Crippen LogP contribution is 2.24. The number of hydrogen-bond acceptors (Lipinski definition) is 3. The third-order valence-electron chi connectivity index (χ3n) is 5.38. The Morgan fingerprint density at radius 1 is 1.08 bits per heavy atom. The molecule has 138 valence electrons. The van der Waals surface area contributed by atoms with Crippen LogP contribution in [-0.4, -0.2) is 65.9 Å². The fourth-order valence-corrected chi connectivity index (χ4v) is 4.20. The summed E-state index contributed by atoms with van der Waals surface area (Å²) in [5, 5.41) is 1.19. The summed E-state index contributed by atoms with van der Waals surface area (Å²) in [6.45, 7) is 8.47. The molecule has 0 aliphatic carbocycles. The van der Waals surface area contributed by atoms with Crippen LogP contribution >= 0.6 is 23.2 Å². The molecule has 0 unspecified atom stereocenters. The van der Waals surface area contributed by atoms with E-state index in [4.69, 9.17) is 23.2 Å². The highest BCUT2D eigenvalue weighted by molar-refractivity contribution is 6.42. The highest BCUT2D eigenvalue weighted by Gasteiger charge is 2.32. The molecule has 0 aromatic heterocycles. The number of likely N-dealkylation sites (tertiary alicyclic amines) is 1. The smallest absolute Gasteiger partial charge is 0.240 e. The van der Waals surface area contributed by atoms with E-state index < -0.39 is 0 Å². The lowest BCUT2D eigenvalue weighted by atomic mass is 10.0. The van der Waals surface area contributed by atoms with Crippen molar-refractivity contribution >= 4 is 29.1 Å². The average Bonchev–Trinajstić information content (AvgIpc) is 2.65. The van der Waals surface area contributed by atoms with Crippen LogP contribution in [0.1, 0.15) is 31.7 Å². The van der Waals surface area contributed by atoms with Crippen molar-refractivity contribution in [1.29, 1.82) is 0 Å². The molecule has 1 aromatic rings. The van der Waals surface area contributed by atoms with Gasteiger partial charge in [-0.05, 0) is 43.6 Å². The first-order chi connectivity index (χ1) is 12.1. The van der Waals surface area contributed by atoms with Crippen LogP contribution in [0.4, 0.5) is 0 Å². The molecule has 4 nitrogen and oxygen atoms in total. The van der Waals surface area contributed by atoms with Crippen molar-refractivity contribution in [2.45, 2.75) is 38.8 Å². The molecular formula is C19H27Cl2N3O. The van der Waals surface area contributed by atoms with Gasteiger partial charge in [0.05, 0.1) is 16.1 Å². The molecule has 0 N–H and O–H groups in total. The molecule has 3 rings (SSSR count). The van der Waals surface area contributed by atoms with E-state index in [1.807, 2.05) is 18.2 Å². The van der Waals surface area contributed by atoms with Gasteiger partial charge in [-0.2, -0.15) is 0 Å². The Kier molecular flexibility index (Phi) is 6.61. The Labute approximate surface area is 160 Å². The number of piperazine rings is 1. The third-order valence-corrected chi connectivity index (χ3v) is 6.12. The van der Waals surface area contributed by atoms with Crippen molar-refractivity contribution < 1.29 is 4.79 Å². The molecule has 2 heterocycles. The normalized spacial score (nSPS) is 23.0. The van der Waals surface area contributed by atoms with Crippen molar-refractivity contribution in [3.63, 3.8) is 0 Å². The molecule has 6 heteroatoms. The van der Waals surface area contributed by atoms with E-state index in [1.54, 1.807) is 0 Å².